The Kier molecular flexibility index (Phi) is 4.24. The van der Waals surface area contributed by atoms with E-state index in [0.29, 0.717) is 0 Å². The van der Waals surface area contributed by atoms with Crippen molar-refractivity contribution in [1.29, 1.82) is 0 Å². The highest BCUT2D eigenvalue weighted by Gasteiger charge is 2.26. The van der Waals surface area contributed by atoms with Gasteiger partial charge in [0.05, 0.1) is 13.5 Å². The third kappa shape index (κ3) is 4.66. The highest BCUT2D eigenvalue weighted by molar-refractivity contribution is 5.85. The summed E-state index contributed by atoms with van der Waals surface area (Å²) in [4.78, 5) is 18.4. The molecule has 0 bridgehead atoms. The quantitative estimate of drug-likeness (QED) is 0.821. The molecule has 0 aliphatic heterocycles. The van der Waals surface area contributed by atoms with Crippen LogP contribution in [0, 0.1) is 0 Å². The second kappa shape index (κ2) is 5.46. The summed E-state index contributed by atoms with van der Waals surface area (Å²) in [6, 6.07) is 1.36. The maximum atomic E-state index is 11.9. The largest absolute Gasteiger partial charge is 0.463 e. The molecule has 8 heteroatoms. The van der Waals surface area contributed by atoms with E-state index in [0.717, 1.165) is 7.11 Å². The summed E-state index contributed by atoms with van der Waals surface area (Å²) in [5.41, 5.74) is 0. The number of halogens is 3. The Bertz CT molecular complexity index is 395. The van der Waals surface area contributed by atoms with E-state index in [-0.39, 0.29) is 18.2 Å². The SMILES string of the molecule is COC(=O)c1nccc(NCCC(F)(F)F)n1. The summed E-state index contributed by atoms with van der Waals surface area (Å²) < 4.78 is 40.0. The first-order chi connectivity index (χ1) is 7.92. The van der Waals surface area contributed by atoms with E-state index in [1.165, 1.54) is 12.3 Å². The molecule has 1 aromatic rings. The topological polar surface area (TPSA) is 64.1 Å². The number of carbonyl (C=O) groups is 1. The summed E-state index contributed by atoms with van der Waals surface area (Å²) in [6.45, 7) is -0.318. The first-order valence-corrected chi connectivity index (χ1v) is 4.64. The van der Waals surface area contributed by atoms with Crippen molar-refractivity contribution >= 4 is 11.8 Å². The molecular formula is C9H10F3N3O2. The zero-order valence-corrected chi connectivity index (χ0v) is 8.91. The van der Waals surface area contributed by atoms with Gasteiger partial charge in [-0.25, -0.2) is 14.8 Å². The highest BCUT2D eigenvalue weighted by Crippen LogP contribution is 2.19. The lowest BCUT2D eigenvalue weighted by Crippen LogP contribution is -2.16. The van der Waals surface area contributed by atoms with Crippen molar-refractivity contribution in [2.24, 2.45) is 0 Å². The van der Waals surface area contributed by atoms with Gasteiger partial charge < -0.3 is 10.1 Å². The molecule has 17 heavy (non-hydrogen) atoms. The van der Waals surface area contributed by atoms with E-state index in [1.54, 1.807) is 0 Å². The van der Waals surface area contributed by atoms with Crippen LogP contribution in [-0.4, -0.2) is 35.8 Å². The summed E-state index contributed by atoms with van der Waals surface area (Å²) in [6.07, 6.45) is -3.95. The smallest absolute Gasteiger partial charge is 0.390 e. The first-order valence-electron chi connectivity index (χ1n) is 4.64. The normalized spacial score (nSPS) is 11.1. The molecule has 0 saturated carbocycles. The minimum absolute atomic E-state index is 0.143. The zero-order valence-electron chi connectivity index (χ0n) is 8.91. The number of nitrogens with zero attached hydrogens (tertiary/aromatic N) is 2. The van der Waals surface area contributed by atoms with Crippen molar-refractivity contribution in [3.05, 3.63) is 18.1 Å². The number of carbonyl (C=O) groups excluding carboxylic acids is 1. The van der Waals surface area contributed by atoms with Crippen LogP contribution in [0.5, 0.6) is 0 Å². The fourth-order valence-corrected chi connectivity index (χ4v) is 0.979. The second-order valence-corrected chi connectivity index (χ2v) is 3.05. The molecule has 0 aliphatic carbocycles. The van der Waals surface area contributed by atoms with Gasteiger partial charge in [0.1, 0.15) is 5.82 Å². The van der Waals surface area contributed by atoms with Gasteiger partial charge in [0.15, 0.2) is 0 Å². The van der Waals surface area contributed by atoms with Crippen molar-refractivity contribution in [1.82, 2.24) is 9.97 Å². The van der Waals surface area contributed by atoms with Gasteiger partial charge in [-0.2, -0.15) is 13.2 Å². The van der Waals surface area contributed by atoms with Crippen LogP contribution in [0.2, 0.25) is 0 Å². The lowest BCUT2D eigenvalue weighted by molar-refractivity contribution is -0.131. The van der Waals surface area contributed by atoms with Crippen LogP contribution in [0.3, 0.4) is 0 Å². The van der Waals surface area contributed by atoms with E-state index >= 15 is 0 Å². The molecule has 1 heterocycles. The molecule has 0 atom stereocenters. The molecule has 1 aromatic heterocycles. The Morgan fingerprint density at radius 2 is 2.24 bits per heavy atom. The minimum Gasteiger partial charge on any atom is -0.463 e. The summed E-state index contributed by atoms with van der Waals surface area (Å²) in [5.74, 6) is -0.807. The first kappa shape index (κ1) is 13.2. The molecule has 0 unspecified atom stereocenters. The molecule has 94 valence electrons. The third-order valence-electron chi connectivity index (χ3n) is 1.74. The number of ether oxygens (including phenoxy) is 1. The van der Waals surface area contributed by atoms with Gasteiger partial charge >= 0.3 is 12.1 Å². The van der Waals surface area contributed by atoms with Gasteiger partial charge in [0, 0.05) is 12.7 Å². The average Bonchev–Trinajstić information content (AvgIpc) is 2.27. The Balaban J connectivity index is 2.57. The number of hydrogen-bond acceptors (Lipinski definition) is 5. The van der Waals surface area contributed by atoms with Crippen molar-refractivity contribution in [3.63, 3.8) is 0 Å². The van der Waals surface area contributed by atoms with Gasteiger partial charge in [-0.3, -0.25) is 0 Å². The maximum absolute atomic E-state index is 11.9. The third-order valence-corrected chi connectivity index (χ3v) is 1.74. The number of alkyl halides is 3. The van der Waals surface area contributed by atoms with Crippen molar-refractivity contribution < 1.29 is 22.7 Å². The molecule has 1 N–H and O–H groups in total. The molecule has 0 aliphatic rings. The van der Waals surface area contributed by atoms with Gasteiger partial charge in [0.25, 0.3) is 0 Å². The van der Waals surface area contributed by atoms with Gasteiger partial charge in [-0.1, -0.05) is 0 Å². The number of methoxy groups -OCH3 is 1. The van der Waals surface area contributed by atoms with Crippen molar-refractivity contribution in [2.75, 3.05) is 19.0 Å². The van der Waals surface area contributed by atoms with Crippen LogP contribution in [0.4, 0.5) is 19.0 Å². The van der Waals surface area contributed by atoms with Crippen LogP contribution in [0.15, 0.2) is 12.3 Å². The summed E-state index contributed by atoms with van der Waals surface area (Å²) >= 11 is 0. The molecule has 1 rings (SSSR count). The molecule has 0 radical (unpaired) electrons. The fourth-order valence-electron chi connectivity index (χ4n) is 0.979. The van der Waals surface area contributed by atoms with Crippen LogP contribution in [0.25, 0.3) is 0 Å². The Hall–Kier alpha value is -1.86. The lowest BCUT2D eigenvalue weighted by atomic mass is 10.4. The minimum atomic E-state index is -4.23. The standard InChI is InChI=1S/C9H10F3N3O2/c1-17-8(16)7-14-4-2-6(15-7)13-5-3-9(10,11)12/h2,4H,3,5H2,1H3,(H,13,14,15). The molecule has 0 amide bonds. The van der Waals surface area contributed by atoms with Crippen LogP contribution in [-0.2, 0) is 4.74 Å². The Labute approximate surface area is 95.0 Å². The van der Waals surface area contributed by atoms with E-state index < -0.39 is 18.6 Å². The number of anilines is 1. The molecule has 0 spiro atoms. The Morgan fingerprint density at radius 1 is 1.53 bits per heavy atom. The van der Waals surface area contributed by atoms with Crippen LogP contribution < -0.4 is 5.32 Å². The molecule has 0 fully saturated rings. The van der Waals surface area contributed by atoms with E-state index in [9.17, 15) is 18.0 Å². The highest BCUT2D eigenvalue weighted by atomic mass is 19.4. The van der Waals surface area contributed by atoms with Crippen LogP contribution >= 0.6 is 0 Å². The van der Waals surface area contributed by atoms with Crippen LogP contribution in [0.1, 0.15) is 17.0 Å². The van der Waals surface area contributed by atoms with E-state index in [1.807, 2.05) is 0 Å². The average molecular weight is 249 g/mol. The second-order valence-electron chi connectivity index (χ2n) is 3.05. The predicted octanol–water partition coefficient (Wildman–Crippen LogP) is 1.63. The summed E-state index contributed by atoms with van der Waals surface area (Å²) in [5, 5.41) is 2.44. The molecule has 0 aromatic carbocycles. The molecule has 5 nitrogen and oxygen atoms in total. The predicted molar refractivity (Wildman–Crippen MR) is 52.5 cm³/mol. The number of rotatable bonds is 4. The summed E-state index contributed by atoms with van der Waals surface area (Å²) in [7, 11) is 1.16. The number of aromatic nitrogens is 2. The van der Waals surface area contributed by atoms with E-state index in [2.05, 4.69) is 20.0 Å². The fraction of sp³-hybridized carbons (Fsp3) is 0.444. The van der Waals surface area contributed by atoms with Gasteiger partial charge in [-0.05, 0) is 6.07 Å². The van der Waals surface area contributed by atoms with Gasteiger partial charge in [-0.15, -0.1) is 0 Å². The lowest BCUT2D eigenvalue weighted by Gasteiger charge is -2.08. The zero-order chi connectivity index (χ0) is 12.9. The number of hydrogen-bond donors (Lipinski definition) is 1. The molecular weight excluding hydrogens is 239 g/mol. The monoisotopic (exact) mass is 249 g/mol. The maximum Gasteiger partial charge on any atom is 0.390 e. The Morgan fingerprint density at radius 3 is 2.82 bits per heavy atom. The number of esters is 1. The van der Waals surface area contributed by atoms with E-state index in [4.69, 9.17) is 0 Å². The van der Waals surface area contributed by atoms with Gasteiger partial charge in [0.2, 0.25) is 5.82 Å². The van der Waals surface area contributed by atoms with Crippen molar-refractivity contribution in [2.45, 2.75) is 12.6 Å². The van der Waals surface area contributed by atoms with Crippen molar-refractivity contribution in [3.8, 4) is 0 Å². The molecule has 0 saturated heterocycles. The number of nitrogens with one attached hydrogen (secondary N) is 1.